The highest BCUT2D eigenvalue weighted by atomic mass is 16.3. The van der Waals surface area contributed by atoms with E-state index in [1.54, 1.807) is 0 Å². The fourth-order valence-corrected chi connectivity index (χ4v) is 3.42. The molecule has 0 amide bonds. The van der Waals surface area contributed by atoms with Crippen molar-refractivity contribution in [2.45, 2.75) is 45.3 Å². The summed E-state index contributed by atoms with van der Waals surface area (Å²) < 4.78 is 0. The van der Waals surface area contributed by atoms with Crippen molar-refractivity contribution in [2.24, 2.45) is 0 Å². The van der Waals surface area contributed by atoms with Crippen LogP contribution in [-0.4, -0.2) is 35.8 Å². The number of nitrogens with one attached hydrogen (secondary N) is 1. The molecule has 0 radical (unpaired) electrons. The SMILES string of the molecule is Cc1cnccc1CCNC(C)c1ccc(N2CCC(O)CC2)cc1. The number of hydrogen-bond acceptors (Lipinski definition) is 4. The molecule has 0 saturated carbocycles. The van der Waals surface area contributed by atoms with Gasteiger partial charge in [0.05, 0.1) is 6.10 Å². The van der Waals surface area contributed by atoms with E-state index in [0.29, 0.717) is 6.04 Å². The minimum Gasteiger partial charge on any atom is -0.393 e. The molecule has 1 fully saturated rings. The van der Waals surface area contributed by atoms with Crippen LogP contribution in [0.15, 0.2) is 42.7 Å². The molecular formula is C21H29N3O. The van der Waals surface area contributed by atoms with Gasteiger partial charge in [-0.15, -0.1) is 0 Å². The fraction of sp³-hybridized carbons (Fsp3) is 0.476. The molecule has 25 heavy (non-hydrogen) atoms. The standard InChI is InChI=1S/C21H29N3O/c1-16-15-22-11-7-18(16)8-12-23-17(2)19-3-5-20(6-4-19)24-13-9-21(25)10-14-24/h3-7,11,15,17,21,23,25H,8-10,12-14H2,1-2H3. The van der Waals surface area contributed by atoms with Gasteiger partial charge >= 0.3 is 0 Å². The zero-order valence-corrected chi connectivity index (χ0v) is 15.3. The summed E-state index contributed by atoms with van der Waals surface area (Å²) in [4.78, 5) is 6.51. The molecule has 1 aliphatic rings. The van der Waals surface area contributed by atoms with Crippen molar-refractivity contribution in [1.29, 1.82) is 0 Å². The van der Waals surface area contributed by atoms with Gasteiger partial charge in [0.15, 0.2) is 0 Å². The summed E-state index contributed by atoms with van der Waals surface area (Å²) in [6, 6.07) is 11.3. The molecule has 1 saturated heterocycles. The van der Waals surface area contributed by atoms with E-state index >= 15 is 0 Å². The number of rotatable bonds is 6. The third-order valence-electron chi connectivity index (χ3n) is 5.20. The highest BCUT2D eigenvalue weighted by molar-refractivity contribution is 5.48. The zero-order chi connectivity index (χ0) is 17.6. The molecule has 134 valence electrons. The van der Waals surface area contributed by atoms with Crippen LogP contribution >= 0.6 is 0 Å². The molecule has 2 heterocycles. The Bertz CT molecular complexity index is 663. The first-order valence-corrected chi connectivity index (χ1v) is 9.29. The number of aliphatic hydroxyl groups excluding tert-OH is 1. The first kappa shape index (κ1) is 17.9. The van der Waals surface area contributed by atoms with Crippen molar-refractivity contribution in [3.8, 4) is 0 Å². The van der Waals surface area contributed by atoms with Gasteiger partial charge in [-0.3, -0.25) is 4.98 Å². The van der Waals surface area contributed by atoms with Crippen molar-refractivity contribution in [3.05, 3.63) is 59.4 Å². The monoisotopic (exact) mass is 339 g/mol. The summed E-state index contributed by atoms with van der Waals surface area (Å²) in [7, 11) is 0. The minimum atomic E-state index is -0.122. The van der Waals surface area contributed by atoms with Gasteiger partial charge in [-0.25, -0.2) is 0 Å². The molecule has 1 aromatic heterocycles. The molecular weight excluding hydrogens is 310 g/mol. The quantitative estimate of drug-likeness (QED) is 0.848. The summed E-state index contributed by atoms with van der Waals surface area (Å²) >= 11 is 0. The topological polar surface area (TPSA) is 48.4 Å². The number of pyridine rings is 1. The molecule has 4 nitrogen and oxygen atoms in total. The lowest BCUT2D eigenvalue weighted by Crippen LogP contribution is -2.35. The molecule has 3 rings (SSSR count). The molecule has 2 aromatic rings. The maximum atomic E-state index is 9.63. The summed E-state index contributed by atoms with van der Waals surface area (Å²) in [6.07, 6.45) is 6.43. The first-order valence-electron chi connectivity index (χ1n) is 9.29. The summed E-state index contributed by atoms with van der Waals surface area (Å²) in [5, 5.41) is 13.2. The summed E-state index contributed by atoms with van der Waals surface area (Å²) in [6.45, 7) is 7.17. The molecule has 4 heteroatoms. The number of anilines is 1. The molecule has 1 atom stereocenters. The number of aliphatic hydroxyl groups is 1. The van der Waals surface area contributed by atoms with Crippen molar-refractivity contribution < 1.29 is 5.11 Å². The van der Waals surface area contributed by atoms with Crippen LogP contribution in [-0.2, 0) is 6.42 Å². The zero-order valence-electron chi connectivity index (χ0n) is 15.3. The average molecular weight is 339 g/mol. The molecule has 1 unspecified atom stereocenters. The van der Waals surface area contributed by atoms with Crippen LogP contribution in [0.2, 0.25) is 0 Å². The number of aryl methyl sites for hydroxylation is 1. The van der Waals surface area contributed by atoms with Crippen molar-refractivity contribution in [1.82, 2.24) is 10.3 Å². The Labute approximate surface area is 150 Å². The van der Waals surface area contributed by atoms with Gasteiger partial charge in [0, 0.05) is 37.2 Å². The number of hydrogen-bond donors (Lipinski definition) is 2. The lowest BCUT2D eigenvalue weighted by molar-refractivity contribution is 0.145. The Kier molecular flexibility index (Phi) is 6.05. The highest BCUT2D eigenvalue weighted by Gasteiger charge is 2.17. The number of piperidine rings is 1. The lowest BCUT2D eigenvalue weighted by Gasteiger charge is -2.31. The van der Waals surface area contributed by atoms with Gasteiger partial charge < -0.3 is 15.3 Å². The second kappa shape index (κ2) is 8.45. The Balaban J connectivity index is 1.50. The molecule has 1 aliphatic heterocycles. The summed E-state index contributed by atoms with van der Waals surface area (Å²) in [5.74, 6) is 0. The van der Waals surface area contributed by atoms with Crippen LogP contribution in [0, 0.1) is 6.92 Å². The Morgan fingerprint density at radius 3 is 2.60 bits per heavy atom. The maximum absolute atomic E-state index is 9.63. The van der Waals surface area contributed by atoms with Crippen molar-refractivity contribution in [3.63, 3.8) is 0 Å². The van der Waals surface area contributed by atoms with Crippen LogP contribution < -0.4 is 10.2 Å². The van der Waals surface area contributed by atoms with E-state index in [9.17, 15) is 5.11 Å². The van der Waals surface area contributed by atoms with E-state index < -0.39 is 0 Å². The molecule has 1 aromatic carbocycles. The lowest BCUT2D eigenvalue weighted by atomic mass is 10.0. The third-order valence-corrected chi connectivity index (χ3v) is 5.20. The van der Waals surface area contributed by atoms with Gasteiger partial charge in [0.25, 0.3) is 0 Å². The third kappa shape index (κ3) is 4.80. The Morgan fingerprint density at radius 1 is 1.20 bits per heavy atom. The van der Waals surface area contributed by atoms with Crippen molar-refractivity contribution in [2.75, 3.05) is 24.5 Å². The number of aromatic nitrogens is 1. The predicted molar refractivity (Wildman–Crippen MR) is 103 cm³/mol. The molecule has 0 aliphatic carbocycles. The largest absolute Gasteiger partial charge is 0.393 e. The van der Waals surface area contributed by atoms with Crippen LogP contribution in [0.1, 0.15) is 42.5 Å². The van der Waals surface area contributed by atoms with E-state index in [2.05, 4.69) is 59.4 Å². The number of benzene rings is 1. The minimum absolute atomic E-state index is 0.122. The van der Waals surface area contributed by atoms with Crippen LogP contribution in [0.4, 0.5) is 5.69 Å². The van der Waals surface area contributed by atoms with Crippen LogP contribution in [0.5, 0.6) is 0 Å². The molecule has 0 spiro atoms. The van der Waals surface area contributed by atoms with E-state index in [-0.39, 0.29) is 6.10 Å². The number of nitrogens with zero attached hydrogens (tertiary/aromatic N) is 2. The van der Waals surface area contributed by atoms with Gasteiger partial charge in [-0.2, -0.15) is 0 Å². The van der Waals surface area contributed by atoms with Gasteiger partial charge in [-0.05, 0) is 74.5 Å². The van der Waals surface area contributed by atoms with E-state index in [1.165, 1.54) is 22.4 Å². The highest BCUT2D eigenvalue weighted by Crippen LogP contribution is 2.22. The average Bonchev–Trinajstić information content (AvgIpc) is 2.64. The van der Waals surface area contributed by atoms with E-state index in [1.807, 2.05) is 12.4 Å². The van der Waals surface area contributed by atoms with Crippen LogP contribution in [0.3, 0.4) is 0 Å². The van der Waals surface area contributed by atoms with Crippen LogP contribution in [0.25, 0.3) is 0 Å². The second-order valence-corrected chi connectivity index (χ2v) is 7.04. The van der Waals surface area contributed by atoms with Gasteiger partial charge in [0.2, 0.25) is 0 Å². The smallest absolute Gasteiger partial charge is 0.0574 e. The molecule has 2 N–H and O–H groups in total. The van der Waals surface area contributed by atoms with E-state index in [0.717, 1.165) is 38.9 Å². The first-order chi connectivity index (χ1) is 12.1. The fourth-order valence-electron chi connectivity index (χ4n) is 3.42. The predicted octanol–water partition coefficient (Wildman–Crippen LogP) is 3.24. The normalized spacial score (nSPS) is 16.8. The molecule has 0 bridgehead atoms. The maximum Gasteiger partial charge on any atom is 0.0574 e. The Morgan fingerprint density at radius 2 is 1.92 bits per heavy atom. The second-order valence-electron chi connectivity index (χ2n) is 7.04. The Hall–Kier alpha value is -1.91. The summed E-state index contributed by atoms with van der Waals surface area (Å²) in [5.41, 5.74) is 5.19. The van der Waals surface area contributed by atoms with Gasteiger partial charge in [-0.1, -0.05) is 12.1 Å². The van der Waals surface area contributed by atoms with Gasteiger partial charge in [0.1, 0.15) is 0 Å². The van der Waals surface area contributed by atoms with E-state index in [4.69, 9.17) is 0 Å². The van der Waals surface area contributed by atoms with Crippen molar-refractivity contribution >= 4 is 5.69 Å².